The Hall–Kier alpha value is -0.550. The molecular weight excluding hydrogens is 492 g/mol. The van der Waals surface area contributed by atoms with Gasteiger partial charge < -0.3 is 25.4 Å². The molecule has 26 heavy (non-hydrogen) atoms. The van der Waals surface area contributed by atoms with Gasteiger partial charge in [-0.2, -0.15) is 0 Å². The average molecular weight is 518 g/mol. The van der Waals surface area contributed by atoms with E-state index in [2.05, 4.69) is 25.9 Å². The molecule has 1 atom stereocenters. The summed E-state index contributed by atoms with van der Waals surface area (Å²) in [6.45, 7) is 4.38. The van der Waals surface area contributed by atoms with Crippen molar-refractivity contribution in [2.75, 3.05) is 51.8 Å². The van der Waals surface area contributed by atoms with Gasteiger partial charge >= 0.3 is 0 Å². The predicted octanol–water partition coefficient (Wildman–Crippen LogP) is 2.78. The van der Waals surface area contributed by atoms with Crippen LogP contribution in [-0.4, -0.2) is 63.6 Å². The van der Waals surface area contributed by atoms with Crippen molar-refractivity contribution in [1.29, 1.82) is 0 Å². The van der Waals surface area contributed by atoms with Crippen LogP contribution in [0.3, 0.4) is 0 Å². The first kappa shape index (κ1) is 23.5. The summed E-state index contributed by atoms with van der Waals surface area (Å²) < 4.78 is 11.0. The minimum absolute atomic E-state index is 0. The van der Waals surface area contributed by atoms with Crippen LogP contribution in [0.2, 0.25) is 10.0 Å². The highest BCUT2D eigenvalue weighted by atomic mass is 127. The number of rotatable bonds is 9. The second-order valence-electron chi connectivity index (χ2n) is 5.55. The second-order valence-corrected chi connectivity index (χ2v) is 6.39. The third-order valence-corrected chi connectivity index (χ3v) is 4.09. The molecule has 1 aromatic rings. The third kappa shape index (κ3) is 8.90. The van der Waals surface area contributed by atoms with Crippen molar-refractivity contribution in [3.05, 3.63) is 22.3 Å². The van der Waals surface area contributed by atoms with Crippen LogP contribution in [0.4, 0.5) is 5.82 Å². The van der Waals surface area contributed by atoms with Gasteiger partial charge in [0.15, 0.2) is 5.96 Å². The lowest BCUT2D eigenvalue weighted by Crippen LogP contribution is -2.40. The summed E-state index contributed by atoms with van der Waals surface area (Å²) in [7, 11) is 1.74. The number of ether oxygens (including phenoxy) is 2. The van der Waals surface area contributed by atoms with Gasteiger partial charge in [-0.1, -0.05) is 23.2 Å². The Morgan fingerprint density at radius 3 is 2.85 bits per heavy atom. The van der Waals surface area contributed by atoms with Crippen LogP contribution >= 0.6 is 47.2 Å². The zero-order valence-corrected chi connectivity index (χ0v) is 18.6. The van der Waals surface area contributed by atoms with Crippen LogP contribution in [0.25, 0.3) is 0 Å². The summed E-state index contributed by atoms with van der Waals surface area (Å²) in [5.41, 5.74) is 0. The van der Waals surface area contributed by atoms with Crippen molar-refractivity contribution in [2.45, 2.75) is 18.9 Å². The maximum atomic E-state index is 6.06. The van der Waals surface area contributed by atoms with E-state index in [-0.39, 0.29) is 30.1 Å². The number of hydrogen-bond donors (Lipinski definition) is 3. The monoisotopic (exact) mass is 517 g/mol. The molecule has 1 aliphatic heterocycles. The van der Waals surface area contributed by atoms with E-state index in [0.29, 0.717) is 29.0 Å². The molecule has 0 aromatic carbocycles. The molecule has 148 valence electrons. The maximum Gasteiger partial charge on any atom is 0.191 e. The minimum Gasteiger partial charge on any atom is -0.379 e. The zero-order valence-electron chi connectivity index (χ0n) is 14.8. The van der Waals surface area contributed by atoms with Gasteiger partial charge in [-0.15, -0.1) is 24.0 Å². The van der Waals surface area contributed by atoms with Crippen molar-refractivity contribution in [2.24, 2.45) is 4.99 Å². The molecule has 0 saturated carbocycles. The number of hydrogen-bond acceptors (Lipinski definition) is 5. The number of aliphatic imine (C=N–C) groups is 1. The van der Waals surface area contributed by atoms with Crippen LogP contribution in [-0.2, 0) is 9.47 Å². The lowest BCUT2D eigenvalue weighted by molar-refractivity contribution is 0.0420. The van der Waals surface area contributed by atoms with E-state index >= 15 is 0 Å². The molecular formula is C16H26Cl2IN5O2. The van der Waals surface area contributed by atoms with Crippen molar-refractivity contribution in [3.8, 4) is 0 Å². The minimum atomic E-state index is 0. The standard InChI is InChI=1S/C16H25Cl2N5O2.HI/c1-19-16(21-4-2-7-25-13-3-8-24-11-13)22-6-5-20-15-14(18)9-12(17)10-23-15;/h9-10,13H,2-8,11H2,1H3,(H,20,23)(H2,19,21,22);1H. The molecule has 3 N–H and O–H groups in total. The summed E-state index contributed by atoms with van der Waals surface area (Å²) >= 11 is 11.9. The molecule has 1 unspecified atom stereocenters. The summed E-state index contributed by atoms with van der Waals surface area (Å²) in [6.07, 6.45) is 3.73. The molecule has 0 bridgehead atoms. The Bertz CT molecular complexity index is 559. The molecule has 0 aliphatic carbocycles. The van der Waals surface area contributed by atoms with Gasteiger partial charge in [0.25, 0.3) is 0 Å². The highest BCUT2D eigenvalue weighted by Crippen LogP contribution is 2.21. The molecule has 1 aliphatic rings. The van der Waals surface area contributed by atoms with Gasteiger partial charge in [0.05, 0.1) is 22.8 Å². The van der Waals surface area contributed by atoms with Crippen molar-refractivity contribution < 1.29 is 9.47 Å². The number of anilines is 1. The van der Waals surface area contributed by atoms with E-state index < -0.39 is 0 Å². The Labute approximate surface area is 181 Å². The highest BCUT2D eigenvalue weighted by Gasteiger charge is 2.15. The third-order valence-electron chi connectivity index (χ3n) is 3.60. The molecule has 10 heteroatoms. The summed E-state index contributed by atoms with van der Waals surface area (Å²) in [4.78, 5) is 8.33. The predicted molar refractivity (Wildman–Crippen MR) is 117 cm³/mol. The van der Waals surface area contributed by atoms with Gasteiger partial charge in [0, 0.05) is 46.1 Å². The number of halogens is 3. The van der Waals surface area contributed by atoms with Gasteiger partial charge in [0.1, 0.15) is 5.82 Å². The van der Waals surface area contributed by atoms with E-state index in [1.165, 1.54) is 0 Å². The highest BCUT2D eigenvalue weighted by molar-refractivity contribution is 14.0. The number of pyridine rings is 1. The first-order valence-electron chi connectivity index (χ1n) is 8.38. The van der Waals surface area contributed by atoms with Crippen LogP contribution < -0.4 is 16.0 Å². The number of nitrogens with one attached hydrogen (secondary N) is 3. The molecule has 0 amide bonds. The van der Waals surface area contributed by atoms with Crippen molar-refractivity contribution in [3.63, 3.8) is 0 Å². The van der Waals surface area contributed by atoms with Crippen LogP contribution in [0.1, 0.15) is 12.8 Å². The van der Waals surface area contributed by atoms with Crippen LogP contribution in [0.5, 0.6) is 0 Å². The first-order chi connectivity index (χ1) is 12.2. The Morgan fingerprint density at radius 1 is 1.35 bits per heavy atom. The lowest BCUT2D eigenvalue weighted by atomic mass is 10.3. The fourth-order valence-electron chi connectivity index (χ4n) is 2.30. The number of nitrogens with zero attached hydrogens (tertiary/aromatic N) is 2. The molecule has 1 fully saturated rings. The molecule has 7 nitrogen and oxygen atoms in total. The fraction of sp³-hybridized carbons (Fsp3) is 0.625. The van der Waals surface area contributed by atoms with Crippen molar-refractivity contribution >= 4 is 59.0 Å². The molecule has 1 saturated heterocycles. The van der Waals surface area contributed by atoms with Crippen LogP contribution in [0.15, 0.2) is 17.3 Å². The molecule has 0 spiro atoms. The Kier molecular flexibility index (Phi) is 12.3. The lowest BCUT2D eigenvalue weighted by Gasteiger charge is -2.14. The molecule has 2 rings (SSSR count). The van der Waals surface area contributed by atoms with E-state index in [9.17, 15) is 0 Å². The fourth-order valence-corrected chi connectivity index (χ4v) is 2.75. The van der Waals surface area contributed by atoms with Crippen LogP contribution in [0, 0.1) is 0 Å². The largest absolute Gasteiger partial charge is 0.379 e. The smallest absolute Gasteiger partial charge is 0.191 e. The first-order valence-corrected chi connectivity index (χ1v) is 9.13. The van der Waals surface area contributed by atoms with Crippen molar-refractivity contribution in [1.82, 2.24) is 15.6 Å². The van der Waals surface area contributed by atoms with Gasteiger partial charge in [-0.3, -0.25) is 4.99 Å². The SMILES string of the molecule is CN=C(NCCCOC1CCOC1)NCCNc1ncc(Cl)cc1Cl.I. The normalized spacial score (nSPS) is 16.9. The maximum absolute atomic E-state index is 6.06. The quantitative estimate of drug-likeness (QED) is 0.202. The van der Waals surface area contributed by atoms with Gasteiger partial charge in [0.2, 0.25) is 0 Å². The van der Waals surface area contributed by atoms with Gasteiger partial charge in [-0.25, -0.2) is 4.98 Å². The van der Waals surface area contributed by atoms with E-state index in [1.54, 1.807) is 19.3 Å². The van der Waals surface area contributed by atoms with E-state index in [1.807, 2.05) is 0 Å². The van der Waals surface area contributed by atoms with E-state index in [0.717, 1.165) is 45.2 Å². The molecule has 1 aromatic heterocycles. The number of guanidine groups is 1. The molecule has 0 radical (unpaired) electrons. The summed E-state index contributed by atoms with van der Waals surface area (Å²) in [5, 5.41) is 10.6. The number of aromatic nitrogens is 1. The Morgan fingerprint density at radius 2 is 2.15 bits per heavy atom. The topological polar surface area (TPSA) is 79.8 Å². The van der Waals surface area contributed by atoms with Gasteiger partial charge in [-0.05, 0) is 18.9 Å². The zero-order chi connectivity index (χ0) is 17.9. The second kappa shape index (κ2) is 13.6. The molecule has 2 heterocycles. The van der Waals surface area contributed by atoms with E-state index in [4.69, 9.17) is 32.7 Å². The Balaban J connectivity index is 0.00000338. The summed E-state index contributed by atoms with van der Waals surface area (Å²) in [5.74, 6) is 1.37. The average Bonchev–Trinajstić information content (AvgIpc) is 3.11. The summed E-state index contributed by atoms with van der Waals surface area (Å²) in [6, 6.07) is 1.66.